The first kappa shape index (κ1) is 12.2. The zero-order valence-corrected chi connectivity index (χ0v) is 9.70. The van der Waals surface area contributed by atoms with Crippen molar-refractivity contribution in [3.8, 4) is 0 Å². The number of aromatic nitrogens is 2. The molecule has 1 N–H and O–H groups in total. The molecule has 1 aromatic heterocycles. The minimum Gasteiger partial charge on any atom is -0.416 e. The summed E-state index contributed by atoms with van der Waals surface area (Å²) >= 11 is 0. The molecule has 0 saturated heterocycles. The third-order valence-electron chi connectivity index (χ3n) is 1.77. The molecule has 0 aliphatic rings. The second-order valence-electron chi connectivity index (χ2n) is 4.28. The predicted molar refractivity (Wildman–Crippen MR) is 59.0 cm³/mol. The molecule has 0 aromatic carbocycles. The first-order valence-corrected chi connectivity index (χ1v) is 4.91. The smallest absolute Gasteiger partial charge is 0.309 e. The fourth-order valence-electron chi connectivity index (χ4n) is 0.910. The third-order valence-corrected chi connectivity index (χ3v) is 1.77. The van der Waals surface area contributed by atoms with Gasteiger partial charge < -0.3 is 9.73 Å². The molecule has 0 aliphatic carbocycles. The number of carbonyl (C=O) groups excluding carboxylic acids is 1. The van der Waals surface area contributed by atoms with Gasteiger partial charge in [0, 0.05) is 12.0 Å². The normalized spacial score (nSPS) is 10.7. The van der Waals surface area contributed by atoms with Crippen LogP contribution < -0.4 is 5.32 Å². The molecule has 16 heavy (non-hydrogen) atoms. The van der Waals surface area contributed by atoms with E-state index in [1.54, 1.807) is 6.08 Å². The summed E-state index contributed by atoms with van der Waals surface area (Å²) in [6, 6.07) is 0. The number of hydrogen-bond donors (Lipinski definition) is 1. The van der Waals surface area contributed by atoms with Gasteiger partial charge in [-0.2, -0.15) is 0 Å². The lowest BCUT2D eigenvalue weighted by atomic mass is 9.97. The molecule has 0 atom stereocenters. The summed E-state index contributed by atoms with van der Waals surface area (Å²) in [4.78, 5) is 11.5. The molecule has 86 valence electrons. The molecule has 0 radical (unpaired) electrons. The van der Waals surface area contributed by atoms with Gasteiger partial charge in [0.1, 0.15) is 0 Å². The van der Waals surface area contributed by atoms with Crippen molar-refractivity contribution >= 4 is 5.91 Å². The van der Waals surface area contributed by atoms with Gasteiger partial charge >= 0.3 is 11.8 Å². The van der Waals surface area contributed by atoms with Crippen LogP contribution in [-0.4, -0.2) is 22.6 Å². The SMILES string of the molecule is C=C=CCNC(=O)c1nnc(C(C)(C)C)o1. The van der Waals surface area contributed by atoms with E-state index < -0.39 is 5.91 Å². The Hall–Kier alpha value is -1.87. The van der Waals surface area contributed by atoms with Gasteiger partial charge in [-0.3, -0.25) is 4.79 Å². The lowest BCUT2D eigenvalue weighted by Gasteiger charge is -2.10. The minimum atomic E-state index is -0.394. The summed E-state index contributed by atoms with van der Waals surface area (Å²) in [5, 5.41) is 10.1. The molecule has 1 rings (SSSR count). The molecule has 5 heteroatoms. The number of nitrogens with one attached hydrogen (secondary N) is 1. The van der Waals surface area contributed by atoms with Crippen LogP contribution in [0, 0.1) is 0 Å². The predicted octanol–water partition coefficient (Wildman–Crippen LogP) is 1.44. The average molecular weight is 221 g/mol. The number of rotatable bonds is 3. The van der Waals surface area contributed by atoms with E-state index >= 15 is 0 Å². The van der Waals surface area contributed by atoms with Crippen molar-refractivity contribution in [3.63, 3.8) is 0 Å². The van der Waals surface area contributed by atoms with Crippen LogP contribution in [0.15, 0.2) is 22.8 Å². The van der Waals surface area contributed by atoms with Crippen LogP contribution >= 0.6 is 0 Å². The monoisotopic (exact) mass is 221 g/mol. The fourth-order valence-corrected chi connectivity index (χ4v) is 0.910. The lowest BCUT2D eigenvalue weighted by molar-refractivity contribution is 0.0920. The number of nitrogens with zero attached hydrogens (tertiary/aromatic N) is 2. The van der Waals surface area contributed by atoms with Crippen molar-refractivity contribution < 1.29 is 9.21 Å². The first-order chi connectivity index (χ1) is 7.45. The Balaban J connectivity index is 2.71. The van der Waals surface area contributed by atoms with E-state index in [9.17, 15) is 4.79 Å². The van der Waals surface area contributed by atoms with Crippen molar-refractivity contribution in [1.82, 2.24) is 15.5 Å². The van der Waals surface area contributed by atoms with E-state index in [1.807, 2.05) is 20.8 Å². The van der Waals surface area contributed by atoms with E-state index in [0.29, 0.717) is 12.4 Å². The zero-order chi connectivity index (χ0) is 12.2. The van der Waals surface area contributed by atoms with Gasteiger partial charge in [0.2, 0.25) is 5.89 Å². The summed E-state index contributed by atoms with van der Waals surface area (Å²) in [5.74, 6) is 0.0220. The Labute approximate surface area is 94.3 Å². The Kier molecular flexibility index (Phi) is 3.64. The summed E-state index contributed by atoms with van der Waals surface area (Å²) in [7, 11) is 0. The van der Waals surface area contributed by atoms with Crippen LogP contribution in [-0.2, 0) is 5.41 Å². The Morgan fingerprint density at radius 1 is 1.56 bits per heavy atom. The van der Waals surface area contributed by atoms with E-state index in [2.05, 4.69) is 27.8 Å². The molecule has 0 fully saturated rings. The molecule has 5 nitrogen and oxygen atoms in total. The van der Waals surface area contributed by atoms with Crippen molar-refractivity contribution in [3.05, 3.63) is 30.2 Å². The van der Waals surface area contributed by atoms with Crippen LogP contribution in [0.3, 0.4) is 0 Å². The molecular weight excluding hydrogens is 206 g/mol. The maximum absolute atomic E-state index is 11.5. The van der Waals surface area contributed by atoms with Gasteiger partial charge in [0.05, 0.1) is 0 Å². The Morgan fingerprint density at radius 3 is 2.75 bits per heavy atom. The van der Waals surface area contributed by atoms with Gasteiger partial charge in [0.25, 0.3) is 0 Å². The molecular formula is C11H15N3O2. The highest BCUT2D eigenvalue weighted by atomic mass is 16.4. The maximum Gasteiger partial charge on any atom is 0.309 e. The van der Waals surface area contributed by atoms with Gasteiger partial charge in [-0.1, -0.05) is 27.4 Å². The average Bonchev–Trinajstić information content (AvgIpc) is 2.66. The molecule has 0 saturated carbocycles. The lowest BCUT2D eigenvalue weighted by Crippen LogP contribution is -2.23. The van der Waals surface area contributed by atoms with Gasteiger partial charge in [-0.25, -0.2) is 0 Å². The zero-order valence-electron chi connectivity index (χ0n) is 9.70. The largest absolute Gasteiger partial charge is 0.416 e. The molecule has 0 unspecified atom stereocenters. The third kappa shape index (κ3) is 3.07. The number of amides is 1. The Bertz CT molecular complexity index is 423. The quantitative estimate of drug-likeness (QED) is 0.784. The van der Waals surface area contributed by atoms with Gasteiger partial charge in [-0.15, -0.1) is 15.9 Å². The van der Waals surface area contributed by atoms with Crippen molar-refractivity contribution in [2.45, 2.75) is 26.2 Å². The highest BCUT2D eigenvalue weighted by Crippen LogP contribution is 2.19. The van der Waals surface area contributed by atoms with Crippen LogP contribution in [0.5, 0.6) is 0 Å². The van der Waals surface area contributed by atoms with E-state index in [-0.39, 0.29) is 11.3 Å². The summed E-state index contributed by atoms with van der Waals surface area (Å²) < 4.78 is 5.26. The summed E-state index contributed by atoms with van der Waals surface area (Å²) in [6.45, 7) is 9.53. The number of carbonyl (C=O) groups is 1. The van der Waals surface area contributed by atoms with Crippen LogP contribution in [0.25, 0.3) is 0 Å². The standard InChI is InChI=1S/C11H15N3O2/c1-5-6-7-12-8(15)9-13-14-10(16-9)11(2,3)4/h6H,1,7H2,2-4H3,(H,12,15). The number of hydrogen-bond acceptors (Lipinski definition) is 4. The Morgan fingerprint density at radius 2 is 2.25 bits per heavy atom. The topological polar surface area (TPSA) is 68.0 Å². The highest BCUT2D eigenvalue weighted by Gasteiger charge is 2.23. The van der Waals surface area contributed by atoms with Crippen molar-refractivity contribution in [1.29, 1.82) is 0 Å². The van der Waals surface area contributed by atoms with Crippen LogP contribution in [0.4, 0.5) is 0 Å². The van der Waals surface area contributed by atoms with Gasteiger partial charge in [-0.05, 0) is 6.08 Å². The highest BCUT2D eigenvalue weighted by molar-refractivity contribution is 5.89. The fraction of sp³-hybridized carbons (Fsp3) is 0.455. The molecule has 1 aromatic rings. The second-order valence-corrected chi connectivity index (χ2v) is 4.28. The summed E-state index contributed by atoms with van der Waals surface area (Å²) in [5.41, 5.74) is 2.29. The van der Waals surface area contributed by atoms with E-state index in [4.69, 9.17) is 4.42 Å². The molecule has 0 aliphatic heterocycles. The molecule has 1 amide bonds. The molecule has 1 heterocycles. The molecule has 0 bridgehead atoms. The van der Waals surface area contributed by atoms with E-state index in [0.717, 1.165) is 0 Å². The van der Waals surface area contributed by atoms with Crippen LogP contribution in [0.2, 0.25) is 0 Å². The first-order valence-electron chi connectivity index (χ1n) is 4.91. The maximum atomic E-state index is 11.5. The van der Waals surface area contributed by atoms with Crippen molar-refractivity contribution in [2.24, 2.45) is 0 Å². The van der Waals surface area contributed by atoms with Gasteiger partial charge in [0.15, 0.2) is 0 Å². The summed E-state index contributed by atoms with van der Waals surface area (Å²) in [6.07, 6.45) is 1.60. The molecule has 0 spiro atoms. The van der Waals surface area contributed by atoms with Crippen molar-refractivity contribution in [2.75, 3.05) is 6.54 Å². The van der Waals surface area contributed by atoms with E-state index in [1.165, 1.54) is 0 Å². The second kappa shape index (κ2) is 4.77. The minimum absolute atomic E-state index is 0.0256. The van der Waals surface area contributed by atoms with Crippen LogP contribution in [0.1, 0.15) is 37.3 Å².